The van der Waals surface area contributed by atoms with Crippen LogP contribution in [0.4, 0.5) is 0 Å². The average molecular weight is 386 g/mol. The number of thioether (sulfide) groups is 1. The molecule has 0 radical (unpaired) electrons. The first-order valence-electron chi connectivity index (χ1n) is 8.85. The quantitative estimate of drug-likeness (QED) is 0.527. The molecule has 2 aromatic rings. The fourth-order valence-electron chi connectivity index (χ4n) is 2.80. The molecular formula is C21H22O5S. The van der Waals surface area contributed by atoms with Gasteiger partial charge in [-0.1, -0.05) is 24.3 Å². The molecule has 0 N–H and O–H groups in total. The summed E-state index contributed by atoms with van der Waals surface area (Å²) in [5.74, 6) is 0.0810. The highest BCUT2D eigenvalue weighted by molar-refractivity contribution is 7.99. The minimum atomic E-state index is -0.393. The summed E-state index contributed by atoms with van der Waals surface area (Å²) in [5.41, 5.74) is 1.83. The van der Waals surface area contributed by atoms with Crippen LogP contribution in [-0.2, 0) is 20.8 Å². The second kappa shape index (κ2) is 9.58. The van der Waals surface area contributed by atoms with Gasteiger partial charge >= 0.3 is 11.9 Å². The number of rotatable bonds is 7. The van der Waals surface area contributed by atoms with Crippen molar-refractivity contribution in [2.75, 3.05) is 19.5 Å². The fraction of sp³-hybridized carbons (Fsp3) is 0.333. The second-order valence-corrected chi connectivity index (χ2v) is 7.27. The van der Waals surface area contributed by atoms with Crippen LogP contribution in [0, 0.1) is 0 Å². The van der Waals surface area contributed by atoms with Crippen LogP contribution in [0.2, 0.25) is 0 Å². The minimum absolute atomic E-state index is 0.144. The number of ether oxygens (including phenoxy) is 3. The van der Waals surface area contributed by atoms with Gasteiger partial charge in [0.05, 0.1) is 24.3 Å². The molecule has 3 rings (SSSR count). The molecule has 1 heterocycles. The SMILES string of the molecule is COC(=O)c1ccc(COC(=O)c2ccccc2SCC2CCCO2)cc1. The Bertz CT molecular complexity index is 781. The molecule has 0 aliphatic carbocycles. The second-order valence-electron chi connectivity index (χ2n) is 6.21. The van der Waals surface area contributed by atoms with Gasteiger partial charge in [-0.25, -0.2) is 9.59 Å². The van der Waals surface area contributed by atoms with E-state index in [9.17, 15) is 9.59 Å². The molecule has 2 aromatic carbocycles. The van der Waals surface area contributed by atoms with Gasteiger partial charge in [0.1, 0.15) is 6.61 Å². The zero-order valence-corrected chi connectivity index (χ0v) is 16.0. The normalized spacial score (nSPS) is 16.1. The number of carbonyl (C=O) groups is 2. The Morgan fingerprint density at radius 1 is 1.11 bits per heavy atom. The minimum Gasteiger partial charge on any atom is -0.465 e. The van der Waals surface area contributed by atoms with Gasteiger partial charge in [0.2, 0.25) is 0 Å². The highest BCUT2D eigenvalue weighted by Crippen LogP contribution is 2.27. The highest BCUT2D eigenvalue weighted by atomic mass is 32.2. The first-order chi connectivity index (χ1) is 13.2. The summed E-state index contributed by atoms with van der Waals surface area (Å²) in [4.78, 5) is 24.9. The largest absolute Gasteiger partial charge is 0.465 e. The van der Waals surface area contributed by atoms with E-state index < -0.39 is 5.97 Å². The number of esters is 2. The van der Waals surface area contributed by atoms with Crippen molar-refractivity contribution in [2.45, 2.75) is 30.4 Å². The Morgan fingerprint density at radius 3 is 2.59 bits per heavy atom. The number of hydrogen-bond acceptors (Lipinski definition) is 6. The molecule has 6 heteroatoms. The molecular weight excluding hydrogens is 364 g/mol. The lowest BCUT2D eigenvalue weighted by Gasteiger charge is -2.12. The molecule has 1 atom stereocenters. The molecule has 5 nitrogen and oxygen atoms in total. The van der Waals surface area contributed by atoms with Crippen LogP contribution in [0.15, 0.2) is 53.4 Å². The van der Waals surface area contributed by atoms with Crippen molar-refractivity contribution in [3.05, 3.63) is 65.2 Å². The predicted molar refractivity (Wildman–Crippen MR) is 103 cm³/mol. The smallest absolute Gasteiger partial charge is 0.339 e. The lowest BCUT2D eigenvalue weighted by molar-refractivity contribution is 0.0467. The molecule has 1 unspecified atom stereocenters. The van der Waals surface area contributed by atoms with Crippen molar-refractivity contribution in [3.8, 4) is 0 Å². The maximum atomic E-state index is 12.5. The van der Waals surface area contributed by atoms with Gasteiger partial charge in [-0.15, -0.1) is 11.8 Å². The van der Waals surface area contributed by atoms with E-state index in [-0.39, 0.29) is 18.7 Å². The van der Waals surface area contributed by atoms with Crippen molar-refractivity contribution in [1.29, 1.82) is 0 Å². The van der Waals surface area contributed by atoms with Crippen molar-refractivity contribution in [2.24, 2.45) is 0 Å². The van der Waals surface area contributed by atoms with Gasteiger partial charge in [-0.05, 0) is 42.7 Å². The van der Waals surface area contributed by atoms with Gasteiger partial charge in [0, 0.05) is 17.3 Å². The summed E-state index contributed by atoms with van der Waals surface area (Å²) in [5, 5.41) is 0. The number of methoxy groups -OCH3 is 1. The summed E-state index contributed by atoms with van der Waals surface area (Å²) in [7, 11) is 1.34. The summed E-state index contributed by atoms with van der Waals surface area (Å²) in [6.45, 7) is 0.967. The maximum absolute atomic E-state index is 12.5. The number of carbonyl (C=O) groups excluding carboxylic acids is 2. The standard InChI is InChI=1S/C21H22O5S/c1-24-20(22)16-10-8-15(9-11-16)13-26-21(23)18-6-2-3-7-19(18)27-14-17-5-4-12-25-17/h2-3,6-11,17H,4-5,12-14H2,1H3. The first kappa shape index (κ1) is 19.5. The molecule has 0 spiro atoms. The van der Waals surface area contributed by atoms with E-state index in [0.717, 1.165) is 35.7 Å². The Kier molecular flexibility index (Phi) is 6.90. The Labute approximate surface area is 163 Å². The Morgan fingerprint density at radius 2 is 1.89 bits per heavy atom. The van der Waals surface area contributed by atoms with Gasteiger partial charge < -0.3 is 14.2 Å². The van der Waals surface area contributed by atoms with Gasteiger partial charge in [0.25, 0.3) is 0 Å². The Balaban J connectivity index is 1.58. The number of benzene rings is 2. The number of hydrogen-bond donors (Lipinski definition) is 0. The van der Waals surface area contributed by atoms with Crippen LogP contribution < -0.4 is 0 Å². The lowest BCUT2D eigenvalue weighted by Crippen LogP contribution is -2.10. The molecule has 27 heavy (non-hydrogen) atoms. The summed E-state index contributed by atoms with van der Waals surface area (Å²) < 4.78 is 15.8. The molecule has 1 fully saturated rings. The third kappa shape index (κ3) is 5.34. The van der Waals surface area contributed by atoms with E-state index in [0.29, 0.717) is 11.1 Å². The third-order valence-corrected chi connectivity index (χ3v) is 5.51. The van der Waals surface area contributed by atoms with Gasteiger partial charge in [-0.3, -0.25) is 0 Å². The van der Waals surface area contributed by atoms with E-state index in [1.807, 2.05) is 18.2 Å². The van der Waals surface area contributed by atoms with Gasteiger partial charge in [0.15, 0.2) is 0 Å². The summed E-state index contributed by atoms with van der Waals surface area (Å²) in [6.07, 6.45) is 2.43. The zero-order valence-electron chi connectivity index (χ0n) is 15.2. The van der Waals surface area contributed by atoms with Crippen LogP contribution in [0.5, 0.6) is 0 Å². The van der Waals surface area contributed by atoms with Gasteiger partial charge in [-0.2, -0.15) is 0 Å². The van der Waals surface area contributed by atoms with Crippen LogP contribution >= 0.6 is 11.8 Å². The fourth-order valence-corrected chi connectivity index (χ4v) is 3.91. The zero-order chi connectivity index (χ0) is 19.1. The monoisotopic (exact) mass is 386 g/mol. The molecule has 0 bridgehead atoms. The molecule has 0 aromatic heterocycles. The van der Waals surface area contributed by atoms with Crippen molar-refractivity contribution >= 4 is 23.7 Å². The van der Waals surface area contributed by atoms with E-state index in [4.69, 9.17) is 9.47 Å². The summed E-state index contributed by atoms with van der Waals surface area (Å²) >= 11 is 1.62. The average Bonchev–Trinajstić information content (AvgIpc) is 3.24. The highest BCUT2D eigenvalue weighted by Gasteiger charge is 2.18. The molecule has 1 aliphatic rings. The molecule has 142 valence electrons. The van der Waals surface area contributed by atoms with Crippen LogP contribution in [0.25, 0.3) is 0 Å². The van der Waals surface area contributed by atoms with Crippen LogP contribution in [0.3, 0.4) is 0 Å². The van der Waals surface area contributed by atoms with E-state index in [2.05, 4.69) is 4.74 Å². The van der Waals surface area contributed by atoms with E-state index in [1.54, 1.807) is 42.1 Å². The van der Waals surface area contributed by atoms with Crippen molar-refractivity contribution in [3.63, 3.8) is 0 Å². The predicted octanol–water partition coefficient (Wildman–Crippen LogP) is 4.10. The third-order valence-electron chi connectivity index (χ3n) is 4.30. The van der Waals surface area contributed by atoms with Crippen molar-refractivity contribution < 1.29 is 23.8 Å². The molecule has 0 saturated carbocycles. The Hall–Kier alpha value is -2.31. The van der Waals surface area contributed by atoms with Crippen LogP contribution in [0.1, 0.15) is 39.1 Å². The van der Waals surface area contributed by atoms with Crippen molar-refractivity contribution in [1.82, 2.24) is 0 Å². The van der Waals surface area contributed by atoms with Crippen LogP contribution in [-0.4, -0.2) is 37.5 Å². The topological polar surface area (TPSA) is 61.8 Å². The maximum Gasteiger partial charge on any atom is 0.339 e. The van der Waals surface area contributed by atoms with E-state index >= 15 is 0 Å². The molecule has 0 amide bonds. The summed E-state index contributed by atoms with van der Waals surface area (Å²) in [6, 6.07) is 14.3. The molecule has 1 saturated heterocycles. The molecule has 1 aliphatic heterocycles. The van der Waals surface area contributed by atoms with E-state index in [1.165, 1.54) is 7.11 Å². The first-order valence-corrected chi connectivity index (χ1v) is 9.83. The lowest BCUT2D eigenvalue weighted by atomic mass is 10.1.